The Morgan fingerprint density at radius 3 is 2.21 bits per heavy atom. The van der Waals surface area contributed by atoms with E-state index in [0.717, 1.165) is 28.1 Å². The second kappa shape index (κ2) is 8.39. The molecule has 169 valence electrons. The third kappa shape index (κ3) is 3.78. The molecule has 0 aliphatic carbocycles. The zero-order valence-corrected chi connectivity index (χ0v) is 19.6. The summed E-state index contributed by atoms with van der Waals surface area (Å²) in [4.78, 5) is 27.6. The van der Waals surface area contributed by atoms with Crippen LogP contribution in [0.3, 0.4) is 0 Å². The average molecular weight is 441 g/mol. The molecule has 0 spiro atoms. The van der Waals surface area contributed by atoms with Crippen LogP contribution in [-0.4, -0.2) is 17.4 Å². The monoisotopic (exact) mass is 440 g/mol. The Morgan fingerprint density at radius 1 is 1.03 bits per heavy atom. The molecule has 2 atom stereocenters. The fourth-order valence-corrected chi connectivity index (χ4v) is 5.59. The van der Waals surface area contributed by atoms with Gasteiger partial charge in [-0.25, -0.2) is 0 Å². The molecule has 0 bridgehead atoms. The van der Waals surface area contributed by atoms with Crippen molar-refractivity contribution in [3.63, 3.8) is 0 Å². The Kier molecular flexibility index (Phi) is 5.75. The summed E-state index contributed by atoms with van der Waals surface area (Å²) in [5.41, 5.74) is 8.99. The van der Waals surface area contributed by atoms with Gasteiger partial charge in [0.1, 0.15) is 0 Å². The van der Waals surface area contributed by atoms with E-state index in [-0.39, 0.29) is 5.91 Å². The molecule has 0 saturated carbocycles. The highest BCUT2D eigenvalue weighted by Gasteiger charge is 2.57. The summed E-state index contributed by atoms with van der Waals surface area (Å²) in [6, 6.07) is 27.2. The van der Waals surface area contributed by atoms with Crippen LogP contribution < -0.4 is 16.0 Å². The van der Waals surface area contributed by atoms with Crippen LogP contribution in [0.15, 0.2) is 72.8 Å². The topological polar surface area (TPSA) is 75.4 Å². The Balaban J connectivity index is 1.89. The molecule has 5 heteroatoms. The summed E-state index contributed by atoms with van der Waals surface area (Å²) in [5.74, 6) is -1.21. The lowest BCUT2D eigenvalue weighted by atomic mass is 9.57. The van der Waals surface area contributed by atoms with Gasteiger partial charge in [-0.3, -0.25) is 9.59 Å². The van der Waals surface area contributed by atoms with Crippen molar-refractivity contribution in [1.82, 2.24) is 0 Å². The van der Waals surface area contributed by atoms with Crippen molar-refractivity contribution < 1.29 is 9.59 Å². The standard InChI is InChI=1S/C28H30N3O2/c1-19(32)31-24-17-22(30-18-20-11-7-5-8-12-20)15-16-23(24)28(4,21-13-9-6-10-14-21)25(26(29)33)27(31,2)3/h5-14,16-17,25,30H,18H2,1-4H3,(H2,29,33). The van der Waals surface area contributed by atoms with E-state index >= 15 is 0 Å². The molecule has 4 rings (SSSR count). The minimum absolute atomic E-state index is 0.136. The molecule has 0 saturated heterocycles. The molecule has 3 aromatic carbocycles. The number of nitrogens with two attached hydrogens (primary N) is 1. The molecule has 2 unspecified atom stereocenters. The number of fused-ring (bicyclic) bond motifs is 1. The Morgan fingerprint density at radius 2 is 1.64 bits per heavy atom. The van der Waals surface area contributed by atoms with Crippen LogP contribution in [0.5, 0.6) is 0 Å². The maximum Gasteiger partial charge on any atom is 0.224 e. The number of anilines is 2. The SMILES string of the molecule is CC(=O)N1c2cc(NCc3ccccc3)[c]cc2C(C)(c2ccccc2)C(C(N)=O)C1(C)C. The molecular formula is C28H30N3O2. The number of rotatable bonds is 5. The smallest absolute Gasteiger partial charge is 0.224 e. The third-order valence-corrected chi connectivity index (χ3v) is 6.89. The molecule has 3 aromatic rings. The number of amides is 2. The summed E-state index contributed by atoms with van der Waals surface area (Å²) < 4.78 is 0. The fourth-order valence-electron chi connectivity index (χ4n) is 5.59. The van der Waals surface area contributed by atoms with Crippen LogP contribution in [0.4, 0.5) is 11.4 Å². The molecule has 2 amide bonds. The first kappa shape index (κ1) is 22.6. The Labute approximate surface area is 195 Å². The Hall–Kier alpha value is -3.60. The van der Waals surface area contributed by atoms with Crippen LogP contribution in [0.2, 0.25) is 0 Å². The van der Waals surface area contributed by atoms with E-state index in [0.29, 0.717) is 6.54 Å². The van der Waals surface area contributed by atoms with Gasteiger partial charge in [0.2, 0.25) is 11.8 Å². The van der Waals surface area contributed by atoms with E-state index in [1.54, 1.807) is 4.90 Å². The van der Waals surface area contributed by atoms with Gasteiger partial charge in [-0.2, -0.15) is 0 Å². The van der Waals surface area contributed by atoms with Crippen LogP contribution in [-0.2, 0) is 21.5 Å². The molecule has 5 nitrogen and oxygen atoms in total. The molecule has 1 heterocycles. The highest BCUT2D eigenvalue weighted by atomic mass is 16.2. The van der Waals surface area contributed by atoms with Crippen LogP contribution in [0, 0.1) is 12.0 Å². The number of hydrogen-bond acceptors (Lipinski definition) is 3. The van der Waals surface area contributed by atoms with Crippen LogP contribution in [0.1, 0.15) is 44.4 Å². The van der Waals surface area contributed by atoms with Crippen molar-refractivity contribution >= 4 is 23.2 Å². The van der Waals surface area contributed by atoms with E-state index in [9.17, 15) is 9.59 Å². The maximum atomic E-state index is 12.9. The van der Waals surface area contributed by atoms with Gasteiger partial charge in [0.15, 0.2) is 0 Å². The van der Waals surface area contributed by atoms with Crippen molar-refractivity contribution in [2.45, 2.75) is 45.2 Å². The van der Waals surface area contributed by atoms with Gasteiger partial charge in [0, 0.05) is 30.6 Å². The van der Waals surface area contributed by atoms with Gasteiger partial charge in [-0.1, -0.05) is 67.6 Å². The highest BCUT2D eigenvalue weighted by molar-refractivity contribution is 5.98. The molecule has 33 heavy (non-hydrogen) atoms. The predicted octanol–water partition coefficient (Wildman–Crippen LogP) is 4.65. The first-order valence-electron chi connectivity index (χ1n) is 11.2. The molecule has 1 aliphatic heterocycles. The maximum absolute atomic E-state index is 12.9. The minimum atomic E-state index is -0.840. The van der Waals surface area contributed by atoms with Crippen LogP contribution >= 0.6 is 0 Å². The number of nitrogens with one attached hydrogen (secondary N) is 1. The molecular weight excluding hydrogens is 410 g/mol. The predicted molar refractivity (Wildman–Crippen MR) is 132 cm³/mol. The van der Waals surface area contributed by atoms with Gasteiger partial charge >= 0.3 is 0 Å². The Bertz CT molecular complexity index is 1170. The summed E-state index contributed by atoms with van der Waals surface area (Å²) in [6.07, 6.45) is 0. The third-order valence-electron chi connectivity index (χ3n) is 6.89. The quantitative estimate of drug-likeness (QED) is 0.606. The number of carbonyl (C=O) groups is 2. The second-order valence-electron chi connectivity index (χ2n) is 9.40. The summed E-state index contributed by atoms with van der Waals surface area (Å²) >= 11 is 0. The summed E-state index contributed by atoms with van der Waals surface area (Å²) in [5, 5.41) is 3.41. The number of carbonyl (C=O) groups excluding carboxylic acids is 2. The first-order valence-corrected chi connectivity index (χ1v) is 11.2. The van der Waals surface area contributed by atoms with Crippen molar-refractivity contribution in [3.8, 4) is 0 Å². The van der Waals surface area contributed by atoms with E-state index in [2.05, 4.69) is 23.5 Å². The first-order chi connectivity index (χ1) is 15.7. The van der Waals surface area contributed by atoms with E-state index in [1.165, 1.54) is 6.92 Å². The fraction of sp³-hybridized carbons (Fsp3) is 0.286. The largest absolute Gasteiger partial charge is 0.380 e. The molecule has 1 aliphatic rings. The zero-order chi connectivity index (χ0) is 23.8. The van der Waals surface area contributed by atoms with E-state index in [1.807, 2.05) is 81.4 Å². The van der Waals surface area contributed by atoms with Crippen molar-refractivity contribution in [2.24, 2.45) is 11.7 Å². The molecule has 1 radical (unpaired) electrons. The van der Waals surface area contributed by atoms with Crippen LogP contribution in [0.25, 0.3) is 0 Å². The number of hydrogen-bond donors (Lipinski definition) is 2. The average Bonchev–Trinajstić information content (AvgIpc) is 2.77. The van der Waals surface area contributed by atoms with Gasteiger partial charge < -0.3 is 16.0 Å². The minimum Gasteiger partial charge on any atom is -0.380 e. The van der Waals surface area contributed by atoms with Gasteiger partial charge in [0.25, 0.3) is 0 Å². The number of benzene rings is 3. The second-order valence-corrected chi connectivity index (χ2v) is 9.40. The van der Waals surface area contributed by atoms with Gasteiger partial charge in [0.05, 0.1) is 17.1 Å². The van der Waals surface area contributed by atoms with Crippen molar-refractivity contribution in [3.05, 3.63) is 95.6 Å². The molecule has 0 fully saturated rings. The van der Waals surface area contributed by atoms with E-state index in [4.69, 9.17) is 5.73 Å². The zero-order valence-electron chi connectivity index (χ0n) is 19.6. The van der Waals surface area contributed by atoms with Crippen molar-refractivity contribution in [1.29, 1.82) is 0 Å². The van der Waals surface area contributed by atoms with Gasteiger partial charge in [-0.05, 0) is 42.7 Å². The lowest BCUT2D eigenvalue weighted by molar-refractivity contribution is -0.127. The van der Waals surface area contributed by atoms with Crippen molar-refractivity contribution in [2.75, 3.05) is 10.2 Å². The van der Waals surface area contributed by atoms with Gasteiger partial charge in [-0.15, -0.1) is 0 Å². The van der Waals surface area contributed by atoms with E-state index < -0.39 is 22.8 Å². The molecule has 3 N–H and O–H groups in total. The molecule has 0 aromatic heterocycles. The summed E-state index contributed by atoms with van der Waals surface area (Å²) in [6.45, 7) is 8.05. The summed E-state index contributed by atoms with van der Waals surface area (Å²) in [7, 11) is 0. The number of primary amides is 1. The highest BCUT2D eigenvalue weighted by Crippen LogP contribution is 2.54. The normalized spacial score (nSPS) is 21.2. The lowest BCUT2D eigenvalue weighted by Crippen LogP contribution is -2.65. The lowest BCUT2D eigenvalue weighted by Gasteiger charge is -2.55. The number of nitrogens with zero attached hydrogens (tertiary/aromatic N) is 1.